The van der Waals surface area contributed by atoms with Gasteiger partial charge in [-0.1, -0.05) is 54.1 Å². The number of carbonyl (C=O) groups is 1. The van der Waals surface area contributed by atoms with Crippen LogP contribution >= 0.6 is 11.6 Å². The predicted molar refractivity (Wildman–Crippen MR) is 108 cm³/mol. The minimum Gasteiger partial charge on any atom is -0.489 e. The molecular weight excluding hydrogens is 360 g/mol. The van der Waals surface area contributed by atoms with Crippen LogP contribution in [-0.2, 0) is 6.61 Å². The quantitative estimate of drug-likeness (QED) is 0.485. The van der Waals surface area contributed by atoms with Crippen molar-refractivity contribution in [2.75, 3.05) is 0 Å². The Morgan fingerprint density at radius 1 is 1.07 bits per heavy atom. The van der Waals surface area contributed by atoms with Gasteiger partial charge in [0.2, 0.25) is 0 Å². The van der Waals surface area contributed by atoms with E-state index in [1.165, 1.54) is 0 Å². The lowest BCUT2D eigenvalue weighted by Gasteiger charge is -2.07. The number of nitrogens with one attached hydrogen (secondary N) is 1. The van der Waals surface area contributed by atoms with Gasteiger partial charge in [0, 0.05) is 10.6 Å². The summed E-state index contributed by atoms with van der Waals surface area (Å²) in [5.74, 6) is 0.474. The molecule has 0 saturated heterocycles. The average molecular weight is 379 g/mol. The minimum atomic E-state index is -0.238. The zero-order valence-corrected chi connectivity index (χ0v) is 15.6. The van der Waals surface area contributed by atoms with Crippen molar-refractivity contribution in [1.82, 2.24) is 5.43 Å². The smallest absolute Gasteiger partial charge is 0.271 e. The fourth-order valence-electron chi connectivity index (χ4n) is 2.53. The van der Waals surface area contributed by atoms with Crippen LogP contribution in [0, 0.1) is 6.92 Å². The van der Waals surface area contributed by atoms with E-state index in [1.54, 1.807) is 12.3 Å². The molecule has 27 heavy (non-hydrogen) atoms. The van der Waals surface area contributed by atoms with E-state index < -0.39 is 0 Å². The number of carbonyl (C=O) groups excluding carboxylic acids is 1. The summed E-state index contributed by atoms with van der Waals surface area (Å²) in [7, 11) is 0. The number of halogens is 1. The van der Waals surface area contributed by atoms with Crippen LogP contribution in [0.3, 0.4) is 0 Å². The number of aryl methyl sites for hydroxylation is 1. The molecule has 4 nitrogen and oxygen atoms in total. The topological polar surface area (TPSA) is 50.7 Å². The van der Waals surface area contributed by atoms with Gasteiger partial charge in [-0.3, -0.25) is 4.79 Å². The Labute approximate surface area is 163 Å². The average Bonchev–Trinajstić information content (AvgIpc) is 2.67. The molecule has 0 aromatic heterocycles. The minimum absolute atomic E-state index is 0.238. The van der Waals surface area contributed by atoms with E-state index in [4.69, 9.17) is 16.3 Å². The van der Waals surface area contributed by atoms with Gasteiger partial charge in [-0.05, 0) is 53.9 Å². The normalized spacial score (nSPS) is 10.7. The van der Waals surface area contributed by atoms with E-state index in [0.29, 0.717) is 22.9 Å². The van der Waals surface area contributed by atoms with Gasteiger partial charge in [0.15, 0.2) is 0 Å². The second kappa shape index (κ2) is 9.01. The third kappa shape index (κ3) is 5.43. The van der Waals surface area contributed by atoms with Crippen LogP contribution in [0.5, 0.6) is 5.75 Å². The highest BCUT2D eigenvalue weighted by molar-refractivity contribution is 6.30. The summed E-state index contributed by atoms with van der Waals surface area (Å²) in [6, 6.07) is 22.4. The molecular formula is C22H19ClN2O2. The van der Waals surface area contributed by atoms with Crippen LogP contribution in [0.1, 0.15) is 27.0 Å². The molecule has 0 saturated carbocycles. The molecule has 5 heteroatoms. The molecule has 0 aliphatic carbocycles. The maximum absolute atomic E-state index is 12.1. The molecule has 0 aliphatic rings. The molecule has 0 heterocycles. The van der Waals surface area contributed by atoms with E-state index >= 15 is 0 Å². The predicted octanol–water partition coefficient (Wildman–Crippen LogP) is 4.99. The molecule has 0 spiro atoms. The number of hydrogen-bond donors (Lipinski definition) is 1. The number of rotatable bonds is 6. The standard InChI is InChI=1S/C22H19ClN2O2/c1-16-6-2-3-11-21(16)22(26)25-24-14-17-7-5-10-20(13-17)27-15-18-8-4-9-19(23)12-18/h2-14H,15H2,1H3,(H,25,26)/b24-14-. The molecule has 0 fully saturated rings. The fraction of sp³-hybridized carbons (Fsp3) is 0.0909. The van der Waals surface area contributed by atoms with Crippen LogP contribution < -0.4 is 10.2 Å². The van der Waals surface area contributed by atoms with Crippen LogP contribution in [0.4, 0.5) is 0 Å². The Balaban J connectivity index is 1.59. The van der Waals surface area contributed by atoms with Crippen molar-refractivity contribution in [3.63, 3.8) is 0 Å². The Morgan fingerprint density at radius 3 is 2.70 bits per heavy atom. The van der Waals surface area contributed by atoms with Gasteiger partial charge < -0.3 is 4.74 Å². The van der Waals surface area contributed by atoms with E-state index in [2.05, 4.69) is 10.5 Å². The van der Waals surface area contributed by atoms with Crippen molar-refractivity contribution in [3.8, 4) is 5.75 Å². The summed E-state index contributed by atoms with van der Waals surface area (Å²) < 4.78 is 5.79. The largest absolute Gasteiger partial charge is 0.489 e. The number of amides is 1. The molecule has 0 bridgehead atoms. The number of hydrogen-bond acceptors (Lipinski definition) is 3. The van der Waals surface area contributed by atoms with E-state index in [0.717, 1.165) is 16.7 Å². The SMILES string of the molecule is Cc1ccccc1C(=O)N/N=C\c1cccc(OCc2cccc(Cl)c2)c1. The van der Waals surface area contributed by atoms with Crippen LogP contribution in [0.2, 0.25) is 5.02 Å². The van der Waals surface area contributed by atoms with E-state index in [1.807, 2.05) is 73.7 Å². The van der Waals surface area contributed by atoms with Crippen molar-refractivity contribution in [3.05, 3.63) is 100 Å². The van der Waals surface area contributed by atoms with Crippen molar-refractivity contribution >= 4 is 23.7 Å². The first-order valence-electron chi connectivity index (χ1n) is 8.48. The van der Waals surface area contributed by atoms with E-state index in [-0.39, 0.29) is 5.91 Å². The molecule has 1 amide bonds. The number of hydrazone groups is 1. The monoisotopic (exact) mass is 378 g/mol. The third-order valence-electron chi connectivity index (χ3n) is 3.92. The second-order valence-corrected chi connectivity index (χ2v) is 6.44. The molecule has 0 radical (unpaired) electrons. The fourth-order valence-corrected chi connectivity index (χ4v) is 2.74. The summed E-state index contributed by atoms with van der Waals surface area (Å²) in [6.07, 6.45) is 1.59. The highest BCUT2D eigenvalue weighted by atomic mass is 35.5. The second-order valence-electron chi connectivity index (χ2n) is 6.01. The lowest BCUT2D eigenvalue weighted by molar-refractivity contribution is 0.0954. The van der Waals surface area contributed by atoms with Gasteiger partial charge in [0.25, 0.3) is 5.91 Å². The van der Waals surface area contributed by atoms with Gasteiger partial charge >= 0.3 is 0 Å². The molecule has 136 valence electrons. The first-order chi connectivity index (χ1) is 13.1. The Bertz CT molecular complexity index is 970. The molecule has 3 aromatic rings. The van der Waals surface area contributed by atoms with Gasteiger partial charge in [-0.15, -0.1) is 0 Å². The Morgan fingerprint density at radius 2 is 1.89 bits per heavy atom. The number of nitrogens with zero attached hydrogens (tertiary/aromatic N) is 1. The highest BCUT2D eigenvalue weighted by Crippen LogP contribution is 2.16. The summed E-state index contributed by atoms with van der Waals surface area (Å²) in [6.45, 7) is 2.31. The van der Waals surface area contributed by atoms with Gasteiger partial charge in [0.05, 0.1) is 6.21 Å². The van der Waals surface area contributed by atoms with Crippen molar-refractivity contribution in [2.45, 2.75) is 13.5 Å². The molecule has 3 aromatic carbocycles. The third-order valence-corrected chi connectivity index (χ3v) is 4.16. The van der Waals surface area contributed by atoms with Crippen LogP contribution in [0.15, 0.2) is 77.9 Å². The molecule has 0 atom stereocenters. The number of ether oxygens (including phenoxy) is 1. The Hall–Kier alpha value is -3.11. The highest BCUT2D eigenvalue weighted by Gasteiger charge is 2.06. The summed E-state index contributed by atoms with van der Waals surface area (Å²) in [4.78, 5) is 12.1. The molecule has 1 N–H and O–H groups in total. The summed E-state index contributed by atoms with van der Waals surface area (Å²) in [5.41, 5.74) is 5.87. The lowest BCUT2D eigenvalue weighted by atomic mass is 10.1. The summed E-state index contributed by atoms with van der Waals surface area (Å²) >= 11 is 5.98. The zero-order chi connectivity index (χ0) is 19.1. The van der Waals surface area contributed by atoms with Crippen molar-refractivity contribution in [2.24, 2.45) is 5.10 Å². The Kier molecular flexibility index (Phi) is 6.23. The number of benzene rings is 3. The zero-order valence-electron chi connectivity index (χ0n) is 14.9. The maximum atomic E-state index is 12.1. The van der Waals surface area contributed by atoms with E-state index in [9.17, 15) is 4.79 Å². The van der Waals surface area contributed by atoms with Crippen LogP contribution in [-0.4, -0.2) is 12.1 Å². The first-order valence-corrected chi connectivity index (χ1v) is 8.86. The molecule has 0 aliphatic heterocycles. The maximum Gasteiger partial charge on any atom is 0.271 e. The van der Waals surface area contributed by atoms with Gasteiger partial charge in [0.1, 0.15) is 12.4 Å². The van der Waals surface area contributed by atoms with Gasteiger partial charge in [-0.25, -0.2) is 5.43 Å². The molecule has 3 rings (SSSR count). The van der Waals surface area contributed by atoms with Crippen LogP contribution in [0.25, 0.3) is 0 Å². The first kappa shape index (κ1) is 18.7. The van der Waals surface area contributed by atoms with Crippen molar-refractivity contribution < 1.29 is 9.53 Å². The van der Waals surface area contributed by atoms with Crippen molar-refractivity contribution in [1.29, 1.82) is 0 Å². The molecule has 0 unspecified atom stereocenters. The summed E-state index contributed by atoms with van der Waals surface area (Å²) in [5, 5.41) is 4.71. The van der Waals surface area contributed by atoms with Gasteiger partial charge in [-0.2, -0.15) is 5.10 Å². The lowest BCUT2D eigenvalue weighted by Crippen LogP contribution is -2.18.